The summed E-state index contributed by atoms with van der Waals surface area (Å²) in [4.78, 5) is 0. The third-order valence-corrected chi connectivity index (χ3v) is 3.45. The van der Waals surface area contributed by atoms with Gasteiger partial charge in [-0.2, -0.15) is 5.26 Å². The summed E-state index contributed by atoms with van der Waals surface area (Å²) in [5.41, 5.74) is 3.88. The molecule has 2 rings (SSSR count). The third-order valence-electron chi connectivity index (χ3n) is 3.12. The van der Waals surface area contributed by atoms with E-state index in [9.17, 15) is 0 Å². The molecule has 1 unspecified atom stereocenters. The van der Waals surface area contributed by atoms with E-state index < -0.39 is 0 Å². The Morgan fingerprint density at radius 2 is 1.95 bits per heavy atom. The van der Waals surface area contributed by atoms with Crippen LogP contribution < -0.4 is 5.32 Å². The minimum absolute atomic E-state index is 0.175. The van der Waals surface area contributed by atoms with Gasteiger partial charge in [-0.15, -0.1) is 0 Å². The van der Waals surface area contributed by atoms with Crippen molar-refractivity contribution in [1.29, 1.82) is 5.26 Å². The molecule has 2 nitrogen and oxygen atoms in total. The van der Waals surface area contributed by atoms with Crippen molar-refractivity contribution < 1.29 is 0 Å². The van der Waals surface area contributed by atoms with Crippen LogP contribution in [0.5, 0.6) is 0 Å². The molecule has 0 aliphatic heterocycles. The van der Waals surface area contributed by atoms with Gasteiger partial charge in [0.05, 0.1) is 10.6 Å². The van der Waals surface area contributed by atoms with Crippen molar-refractivity contribution in [2.75, 3.05) is 5.32 Å². The van der Waals surface area contributed by atoms with Crippen LogP contribution in [0.2, 0.25) is 5.02 Å². The van der Waals surface area contributed by atoms with Crippen LogP contribution in [0.25, 0.3) is 0 Å². The summed E-state index contributed by atoms with van der Waals surface area (Å²) in [5, 5.41) is 12.9. The van der Waals surface area contributed by atoms with Crippen LogP contribution >= 0.6 is 11.6 Å². The molecule has 0 fully saturated rings. The predicted octanol–water partition coefficient (Wildman–Crippen LogP) is 4.69. The van der Waals surface area contributed by atoms with E-state index in [-0.39, 0.29) is 6.04 Å². The third kappa shape index (κ3) is 3.07. The van der Waals surface area contributed by atoms with Gasteiger partial charge in [-0.05, 0) is 43.2 Å². The standard InChI is InChI=1S/C16H15ClN2/c1-11-5-3-4-6-15(11)12(2)19-14-7-8-16(17)13(9-14)10-18/h3-9,12,19H,1-2H3. The molecule has 0 bridgehead atoms. The highest BCUT2D eigenvalue weighted by atomic mass is 35.5. The van der Waals surface area contributed by atoms with Crippen molar-refractivity contribution in [2.45, 2.75) is 19.9 Å². The van der Waals surface area contributed by atoms with E-state index in [4.69, 9.17) is 16.9 Å². The van der Waals surface area contributed by atoms with Crippen LogP contribution in [0.15, 0.2) is 42.5 Å². The number of anilines is 1. The number of nitrogens with one attached hydrogen (secondary N) is 1. The Bertz CT molecular complexity index is 629. The van der Waals surface area contributed by atoms with Crippen LogP contribution in [0.3, 0.4) is 0 Å². The topological polar surface area (TPSA) is 35.8 Å². The van der Waals surface area contributed by atoms with Crippen LogP contribution in [-0.4, -0.2) is 0 Å². The molecule has 2 aromatic rings. The van der Waals surface area contributed by atoms with Gasteiger partial charge >= 0.3 is 0 Å². The number of halogens is 1. The molecule has 2 aromatic carbocycles. The fourth-order valence-electron chi connectivity index (χ4n) is 2.10. The van der Waals surface area contributed by atoms with E-state index >= 15 is 0 Å². The maximum atomic E-state index is 8.98. The average Bonchev–Trinajstić information content (AvgIpc) is 2.41. The monoisotopic (exact) mass is 270 g/mol. The lowest BCUT2D eigenvalue weighted by molar-refractivity contribution is 0.874. The summed E-state index contributed by atoms with van der Waals surface area (Å²) in [7, 11) is 0. The van der Waals surface area contributed by atoms with Crippen LogP contribution in [-0.2, 0) is 0 Å². The lowest BCUT2D eigenvalue weighted by Crippen LogP contribution is -2.08. The first-order chi connectivity index (χ1) is 9.11. The van der Waals surface area contributed by atoms with Crippen LogP contribution in [0.1, 0.15) is 29.7 Å². The lowest BCUT2D eigenvalue weighted by Gasteiger charge is -2.18. The Balaban J connectivity index is 2.22. The fourth-order valence-corrected chi connectivity index (χ4v) is 2.26. The molecule has 0 radical (unpaired) electrons. The van der Waals surface area contributed by atoms with E-state index in [2.05, 4.69) is 37.4 Å². The van der Waals surface area contributed by atoms with E-state index in [1.165, 1.54) is 11.1 Å². The first kappa shape index (κ1) is 13.5. The molecule has 1 atom stereocenters. The predicted molar refractivity (Wildman–Crippen MR) is 79.4 cm³/mol. The van der Waals surface area contributed by atoms with Gasteiger partial charge in [-0.1, -0.05) is 35.9 Å². The molecule has 0 heterocycles. The van der Waals surface area contributed by atoms with Gasteiger partial charge in [0.1, 0.15) is 6.07 Å². The molecular formula is C16H15ClN2. The summed E-state index contributed by atoms with van der Waals surface area (Å²) >= 11 is 5.92. The zero-order chi connectivity index (χ0) is 13.8. The van der Waals surface area contributed by atoms with E-state index in [0.717, 1.165) is 5.69 Å². The summed E-state index contributed by atoms with van der Waals surface area (Å²) in [5.74, 6) is 0. The number of hydrogen-bond donors (Lipinski definition) is 1. The molecule has 96 valence electrons. The number of nitrogens with zero attached hydrogens (tertiary/aromatic N) is 1. The molecule has 0 amide bonds. The van der Waals surface area contributed by atoms with Crippen molar-refractivity contribution in [3.8, 4) is 6.07 Å². The number of benzene rings is 2. The largest absolute Gasteiger partial charge is 0.378 e. The average molecular weight is 271 g/mol. The first-order valence-electron chi connectivity index (χ1n) is 6.13. The van der Waals surface area contributed by atoms with Crippen LogP contribution in [0, 0.1) is 18.3 Å². The fraction of sp³-hybridized carbons (Fsp3) is 0.188. The maximum absolute atomic E-state index is 8.98. The quantitative estimate of drug-likeness (QED) is 0.878. The molecule has 0 spiro atoms. The van der Waals surface area contributed by atoms with Gasteiger partial charge in [0, 0.05) is 11.7 Å². The normalized spacial score (nSPS) is 11.7. The van der Waals surface area contributed by atoms with E-state index in [1.807, 2.05) is 18.2 Å². The highest BCUT2D eigenvalue weighted by molar-refractivity contribution is 6.31. The molecule has 0 aliphatic carbocycles. The number of rotatable bonds is 3. The van der Waals surface area contributed by atoms with Gasteiger partial charge in [0.25, 0.3) is 0 Å². The summed E-state index contributed by atoms with van der Waals surface area (Å²) in [6.45, 7) is 4.19. The number of nitriles is 1. The van der Waals surface area contributed by atoms with Crippen molar-refractivity contribution in [3.05, 3.63) is 64.2 Å². The second-order valence-electron chi connectivity index (χ2n) is 4.53. The van der Waals surface area contributed by atoms with Gasteiger partial charge in [0.15, 0.2) is 0 Å². The molecule has 0 saturated carbocycles. The Hall–Kier alpha value is -1.98. The molecule has 1 N–H and O–H groups in total. The summed E-state index contributed by atoms with van der Waals surface area (Å²) in [6, 6.07) is 15.9. The molecular weight excluding hydrogens is 256 g/mol. The molecule has 3 heteroatoms. The minimum atomic E-state index is 0.175. The molecule has 0 saturated heterocycles. The highest BCUT2D eigenvalue weighted by Gasteiger charge is 2.08. The Morgan fingerprint density at radius 3 is 2.63 bits per heavy atom. The van der Waals surface area contributed by atoms with Crippen molar-refractivity contribution in [1.82, 2.24) is 0 Å². The zero-order valence-electron chi connectivity index (χ0n) is 10.9. The summed E-state index contributed by atoms with van der Waals surface area (Å²) in [6.07, 6.45) is 0. The second kappa shape index (κ2) is 5.77. The van der Waals surface area contributed by atoms with E-state index in [0.29, 0.717) is 10.6 Å². The Morgan fingerprint density at radius 1 is 1.21 bits per heavy atom. The number of hydrogen-bond acceptors (Lipinski definition) is 2. The lowest BCUT2D eigenvalue weighted by atomic mass is 10.0. The first-order valence-corrected chi connectivity index (χ1v) is 6.51. The molecule has 0 aromatic heterocycles. The SMILES string of the molecule is Cc1ccccc1C(C)Nc1ccc(Cl)c(C#N)c1. The summed E-state index contributed by atoms with van der Waals surface area (Å²) < 4.78 is 0. The zero-order valence-corrected chi connectivity index (χ0v) is 11.7. The van der Waals surface area contributed by atoms with Crippen molar-refractivity contribution in [3.63, 3.8) is 0 Å². The minimum Gasteiger partial charge on any atom is -0.378 e. The maximum Gasteiger partial charge on any atom is 0.101 e. The van der Waals surface area contributed by atoms with Gasteiger partial charge in [0.2, 0.25) is 0 Å². The Labute approximate surface area is 118 Å². The molecule has 0 aliphatic rings. The smallest absolute Gasteiger partial charge is 0.101 e. The highest BCUT2D eigenvalue weighted by Crippen LogP contribution is 2.25. The van der Waals surface area contributed by atoms with Gasteiger partial charge in [-0.3, -0.25) is 0 Å². The van der Waals surface area contributed by atoms with Gasteiger partial charge in [-0.25, -0.2) is 0 Å². The van der Waals surface area contributed by atoms with Gasteiger partial charge < -0.3 is 5.32 Å². The number of aryl methyl sites for hydroxylation is 1. The molecule has 19 heavy (non-hydrogen) atoms. The second-order valence-corrected chi connectivity index (χ2v) is 4.94. The van der Waals surface area contributed by atoms with Crippen LogP contribution in [0.4, 0.5) is 5.69 Å². The van der Waals surface area contributed by atoms with Crippen molar-refractivity contribution >= 4 is 17.3 Å². The Kier molecular flexibility index (Phi) is 4.09. The van der Waals surface area contributed by atoms with E-state index in [1.54, 1.807) is 12.1 Å². The van der Waals surface area contributed by atoms with Crippen molar-refractivity contribution in [2.24, 2.45) is 0 Å².